The molecule has 136 valence electrons. The van der Waals surface area contributed by atoms with Crippen molar-refractivity contribution in [1.29, 1.82) is 0 Å². The second kappa shape index (κ2) is 7.74. The lowest BCUT2D eigenvalue weighted by atomic mass is 10.2. The number of nitrogens with zero attached hydrogens (tertiary/aromatic N) is 3. The number of carbonyl (C=O) groups is 1. The number of aromatic nitrogens is 3. The van der Waals surface area contributed by atoms with Crippen molar-refractivity contribution in [1.82, 2.24) is 14.8 Å². The van der Waals surface area contributed by atoms with E-state index in [2.05, 4.69) is 15.5 Å². The lowest BCUT2D eigenvalue weighted by molar-refractivity contribution is -0.115. The summed E-state index contributed by atoms with van der Waals surface area (Å²) in [7, 11) is 0. The van der Waals surface area contributed by atoms with E-state index in [1.807, 2.05) is 24.5 Å². The van der Waals surface area contributed by atoms with Gasteiger partial charge in [0.1, 0.15) is 11.6 Å². The van der Waals surface area contributed by atoms with Crippen molar-refractivity contribution < 1.29 is 13.6 Å². The van der Waals surface area contributed by atoms with Gasteiger partial charge in [-0.1, -0.05) is 23.9 Å². The first-order valence-corrected chi connectivity index (χ1v) is 9.09. The molecule has 2 heterocycles. The van der Waals surface area contributed by atoms with Gasteiger partial charge in [0.05, 0.1) is 22.8 Å². The van der Waals surface area contributed by atoms with Crippen LogP contribution in [0.3, 0.4) is 0 Å². The molecule has 6 nitrogen and oxygen atoms in total. The number of furan rings is 1. The molecule has 0 aliphatic heterocycles. The average Bonchev–Trinajstić information content (AvgIpc) is 3.22. The molecule has 0 spiro atoms. The number of benzene rings is 1. The van der Waals surface area contributed by atoms with E-state index in [1.165, 1.54) is 23.9 Å². The number of carbonyl (C=O) groups excluding carboxylic acids is 1. The van der Waals surface area contributed by atoms with Gasteiger partial charge in [-0.2, -0.15) is 0 Å². The van der Waals surface area contributed by atoms with Crippen molar-refractivity contribution in [2.75, 3.05) is 5.32 Å². The normalized spacial score (nSPS) is 12.2. The van der Waals surface area contributed by atoms with E-state index in [0.29, 0.717) is 17.5 Å². The monoisotopic (exact) mass is 374 g/mol. The molecule has 8 heteroatoms. The summed E-state index contributed by atoms with van der Waals surface area (Å²) in [6, 6.07) is 7.92. The Morgan fingerprint density at radius 2 is 2.12 bits per heavy atom. The number of halogens is 1. The summed E-state index contributed by atoms with van der Waals surface area (Å²) in [6.45, 7) is 6.24. The molecule has 3 aromatic rings. The zero-order valence-corrected chi connectivity index (χ0v) is 15.5. The van der Waals surface area contributed by atoms with Gasteiger partial charge in [-0.25, -0.2) is 4.39 Å². The SMILES string of the molecule is CCn1c(S[C@H](C)C(=O)Nc2ccccc2F)nnc1-c1ccoc1C. The maximum atomic E-state index is 13.7. The molecule has 26 heavy (non-hydrogen) atoms. The summed E-state index contributed by atoms with van der Waals surface area (Å²) in [5, 5.41) is 11.2. The molecule has 1 atom stereocenters. The zero-order valence-electron chi connectivity index (χ0n) is 14.7. The lowest BCUT2D eigenvalue weighted by Gasteiger charge is -2.13. The number of nitrogens with one attached hydrogen (secondary N) is 1. The molecule has 0 saturated heterocycles. The maximum Gasteiger partial charge on any atom is 0.237 e. The molecule has 2 aromatic heterocycles. The van der Waals surface area contributed by atoms with Crippen LogP contribution in [0.2, 0.25) is 0 Å². The van der Waals surface area contributed by atoms with Crippen LogP contribution in [0.4, 0.5) is 10.1 Å². The molecular weight excluding hydrogens is 355 g/mol. The van der Waals surface area contributed by atoms with E-state index in [4.69, 9.17) is 4.42 Å². The molecule has 0 saturated carbocycles. The highest BCUT2D eigenvalue weighted by Crippen LogP contribution is 2.29. The van der Waals surface area contributed by atoms with Gasteiger partial charge in [0.2, 0.25) is 5.91 Å². The molecular formula is C18H19FN4O2S. The first-order chi connectivity index (χ1) is 12.5. The largest absolute Gasteiger partial charge is 0.469 e. The van der Waals surface area contributed by atoms with Crippen LogP contribution in [0, 0.1) is 12.7 Å². The Morgan fingerprint density at radius 1 is 1.35 bits per heavy atom. The maximum absolute atomic E-state index is 13.7. The molecule has 0 unspecified atom stereocenters. The molecule has 3 rings (SSSR count). The highest BCUT2D eigenvalue weighted by atomic mass is 32.2. The second-order valence-corrected chi connectivity index (χ2v) is 6.98. The fraction of sp³-hybridized carbons (Fsp3) is 0.278. The quantitative estimate of drug-likeness (QED) is 0.657. The predicted molar refractivity (Wildman–Crippen MR) is 98.5 cm³/mol. The zero-order chi connectivity index (χ0) is 18.7. The first-order valence-electron chi connectivity index (χ1n) is 8.21. The summed E-state index contributed by atoms with van der Waals surface area (Å²) in [6.07, 6.45) is 1.61. The molecule has 0 radical (unpaired) electrons. The Kier molecular flexibility index (Phi) is 5.41. The van der Waals surface area contributed by atoms with E-state index in [-0.39, 0.29) is 11.6 Å². The number of amides is 1. The number of thioether (sulfide) groups is 1. The van der Waals surface area contributed by atoms with Gasteiger partial charge >= 0.3 is 0 Å². The van der Waals surface area contributed by atoms with Crippen LogP contribution in [-0.4, -0.2) is 25.9 Å². The van der Waals surface area contributed by atoms with Gasteiger partial charge in [0.15, 0.2) is 11.0 Å². The Balaban J connectivity index is 1.76. The fourth-order valence-electron chi connectivity index (χ4n) is 2.49. The third-order valence-corrected chi connectivity index (χ3v) is 5.00. The highest BCUT2D eigenvalue weighted by molar-refractivity contribution is 8.00. The highest BCUT2D eigenvalue weighted by Gasteiger charge is 2.22. The van der Waals surface area contributed by atoms with Crippen LogP contribution in [0.1, 0.15) is 19.6 Å². The molecule has 0 aliphatic carbocycles. The van der Waals surface area contributed by atoms with Crippen LogP contribution in [-0.2, 0) is 11.3 Å². The minimum atomic E-state index is -0.470. The van der Waals surface area contributed by atoms with Gasteiger partial charge in [-0.15, -0.1) is 10.2 Å². The summed E-state index contributed by atoms with van der Waals surface area (Å²) in [5.74, 6) is 0.691. The van der Waals surface area contributed by atoms with Gasteiger partial charge in [0, 0.05) is 6.54 Å². The Labute approximate surface area is 154 Å². The molecule has 0 fully saturated rings. The summed E-state index contributed by atoms with van der Waals surface area (Å²) in [5.41, 5.74) is 1.03. The smallest absolute Gasteiger partial charge is 0.237 e. The predicted octanol–water partition coefficient (Wildman–Crippen LogP) is 4.12. The van der Waals surface area contributed by atoms with E-state index in [1.54, 1.807) is 25.3 Å². The van der Waals surface area contributed by atoms with E-state index < -0.39 is 11.1 Å². The third-order valence-electron chi connectivity index (χ3n) is 3.92. The van der Waals surface area contributed by atoms with Crippen LogP contribution in [0.25, 0.3) is 11.4 Å². The van der Waals surface area contributed by atoms with E-state index in [9.17, 15) is 9.18 Å². The second-order valence-electron chi connectivity index (χ2n) is 5.67. The van der Waals surface area contributed by atoms with Crippen molar-refractivity contribution in [3.05, 3.63) is 48.2 Å². The summed E-state index contributed by atoms with van der Waals surface area (Å²) >= 11 is 1.28. The number of para-hydroxylation sites is 1. The van der Waals surface area contributed by atoms with Crippen LogP contribution in [0.15, 0.2) is 46.2 Å². The fourth-order valence-corrected chi connectivity index (χ4v) is 3.40. The third kappa shape index (κ3) is 3.65. The van der Waals surface area contributed by atoms with E-state index in [0.717, 1.165) is 11.3 Å². The van der Waals surface area contributed by atoms with Crippen LogP contribution in [0.5, 0.6) is 0 Å². The molecule has 0 aliphatic rings. The Morgan fingerprint density at radius 3 is 2.77 bits per heavy atom. The van der Waals surface area contributed by atoms with Gasteiger partial charge in [0.25, 0.3) is 0 Å². The molecule has 0 bridgehead atoms. The Bertz CT molecular complexity index is 922. The van der Waals surface area contributed by atoms with Crippen LogP contribution >= 0.6 is 11.8 Å². The van der Waals surface area contributed by atoms with Crippen molar-refractivity contribution >= 4 is 23.4 Å². The topological polar surface area (TPSA) is 73.0 Å². The first kappa shape index (κ1) is 18.2. The van der Waals surface area contributed by atoms with Gasteiger partial charge in [-0.05, 0) is 39.0 Å². The Hall–Kier alpha value is -2.61. The van der Waals surface area contributed by atoms with E-state index >= 15 is 0 Å². The van der Waals surface area contributed by atoms with Crippen molar-refractivity contribution in [2.45, 2.75) is 37.7 Å². The number of hydrogen-bond donors (Lipinski definition) is 1. The molecule has 1 aromatic carbocycles. The summed E-state index contributed by atoms with van der Waals surface area (Å²) in [4.78, 5) is 12.4. The van der Waals surface area contributed by atoms with Crippen molar-refractivity contribution in [3.63, 3.8) is 0 Å². The van der Waals surface area contributed by atoms with Gasteiger partial charge < -0.3 is 14.3 Å². The minimum absolute atomic E-state index is 0.164. The standard InChI is InChI=1S/C18H19FN4O2S/c1-4-23-16(13-9-10-25-11(13)2)21-22-18(23)26-12(3)17(24)20-15-8-6-5-7-14(15)19/h5-10,12H,4H2,1-3H3,(H,20,24)/t12-/m1/s1. The number of hydrogen-bond acceptors (Lipinski definition) is 5. The average molecular weight is 374 g/mol. The number of anilines is 1. The van der Waals surface area contributed by atoms with Crippen molar-refractivity contribution in [2.24, 2.45) is 0 Å². The minimum Gasteiger partial charge on any atom is -0.469 e. The van der Waals surface area contributed by atoms with Crippen LogP contribution < -0.4 is 5.32 Å². The lowest BCUT2D eigenvalue weighted by Crippen LogP contribution is -2.23. The summed E-state index contributed by atoms with van der Waals surface area (Å²) < 4.78 is 21.0. The molecule has 1 amide bonds. The molecule has 1 N–H and O–H groups in total. The number of aryl methyl sites for hydroxylation is 1. The van der Waals surface area contributed by atoms with Crippen molar-refractivity contribution in [3.8, 4) is 11.4 Å². The number of rotatable bonds is 6. The van der Waals surface area contributed by atoms with Gasteiger partial charge in [-0.3, -0.25) is 4.79 Å².